The summed E-state index contributed by atoms with van der Waals surface area (Å²) in [4.78, 5) is 11.9. The Labute approximate surface area is 97.0 Å². The summed E-state index contributed by atoms with van der Waals surface area (Å²) in [6.07, 6.45) is 0.940. The number of aromatic nitrogens is 2. The van der Waals surface area contributed by atoms with Crippen molar-refractivity contribution in [3.8, 4) is 0 Å². The van der Waals surface area contributed by atoms with Gasteiger partial charge < -0.3 is 5.32 Å². The Bertz CT molecular complexity index is 370. The lowest BCUT2D eigenvalue weighted by molar-refractivity contribution is -0.124. The number of carbonyl (C=O) groups excluding carboxylic acids is 1. The van der Waals surface area contributed by atoms with Crippen molar-refractivity contribution in [3.05, 3.63) is 17.5 Å². The van der Waals surface area contributed by atoms with Crippen molar-refractivity contribution >= 4 is 5.91 Å². The van der Waals surface area contributed by atoms with Gasteiger partial charge in [0.1, 0.15) is 6.04 Å². The molecule has 0 saturated carbocycles. The van der Waals surface area contributed by atoms with Crippen molar-refractivity contribution in [3.63, 3.8) is 0 Å². The molecule has 4 nitrogen and oxygen atoms in total. The largest absolute Gasteiger partial charge is 0.352 e. The number of nitrogens with one attached hydrogen (secondary N) is 1. The molecule has 2 atom stereocenters. The third-order valence-electron chi connectivity index (χ3n) is 2.79. The molecule has 16 heavy (non-hydrogen) atoms. The van der Waals surface area contributed by atoms with Crippen molar-refractivity contribution in [1.29, 1.82) is 0 Å². The SMILES string of the molecule is CCC(C)NC(=O)C(C)n1nc(C)cc1C. The van der Waals surface area contributed by atoms with E-state index in [0.717, 1.165) is 17.8 Å². The van der Waals surface area contributed by atoms with Crippen LogP contribution in [-0.2, 0) is 4.79 Å². The number of rotatable bonds is 4. The van der Waals surface area contributed by atoms with Crippen LogP contribution < -0.4 is 5.32 Å². The molecule has 0 saturated heterocycles. The van der Waals surface area contributed by atoms with Gasteiger partial charge in [-0.3, -0.25) is 9.48 Å². The Morgan fingerprint density at radius 2 is 2.12 bits per heavy atom. The highest BCUT2D eigenvalue weighted by atomic mass is 16.2. The normalized spacial score (nSPS) is 14.6. The Hall–Kier alpha value is -1.32. The van der Waals surface area contributed by atoms with Gasteiger partial charge in [0.15, 0.2) is 0 Å². The fraction of sp³-hybridized carbons (Fsp3) is 0.667. The first kappa shape index (κ1) is 12.7. The molecule has 90 valence electrons. The van der Waals surface area contributed by atoms with Gasteiger partial charge in [0.25, 0.3) is 0 Å². The molecule has 1 N–H and O–H groups in total. The van der Waals surface area contributed by atoms with Crippen molar-refractivity contribution in [1.82, 2.24) is 15.1 Å². The van der Waals surface area contributed by atoms with Crippen LogP contribution in [0.25, 0.3) is 0 Å². The van der Waals surface area contributed by atoms with Gasteiger partial charge in [0.2, 0.25) is 5.91 Å². The van der Waals surface area contributed by atoms with Gasteiger partial charge in [-0.15, -0.1) is 0 Å². The summed E-state index contributed by atoms with van der Waals surface area (Å²) in [6.45, 7) is 9.83. The topological polar surface area (TPSA) is 46.9 Å². The summed E-state index contributed by atoms with van der Waals surface area (Å²) in [5, 5.41) is 7.28. The maximum Gasteiger partial charge on any atom is 0.244 e. The molecule has 0 radical (unpaired) electrons. The van der Waals surface area contributed by atoms with Crippen LogP contribution in [0.15, 0.2) is 6.07 Å². The molecule has 1 heterocycles. The van der Waals surface area contributed by atoms with E-state index in [4.69, 9.17) is 0 Å². The number of aryl methyl sites for hydroxylation is 2. The minimum Gasteiger partial charge on any atom is -0.352 e. The van der Waals surface area contributed by atoms with Gasteiger partial charge in [0, 0.05) is 11.7 Å². The number of nitrogens with zero attached hydrogens (tertiary/aromatic N) is 2. The van der Waals surface area contributed by atoms with Gasteiger partial charge in [-0.2, -0.15) is 5.10 Å². The predicted octanol–water partition coefficient (Wildman–Crippen LogP) is 1.98. The summed E-state index contributed by atoms with van der Waals surface area (Å²) < 4.78 is 1.77. The molecular weight excluding hydrogens is 202 g/mol. The van der Waals surface area contributed by atoms with Crippen LogP contribution in [0.3, 0.4) is 0 Å². The Kier molecular flexibility index (Phi) is 4.10. The summed E-state index contributed by atoms with van der Waals surface area (Å²) in [5.74, 6) is 0.0283. The molecule has 0 aliphatic rings. The van der Waals surface area contributed by atoms with E-state index in [0.29, 0.717) is 0 Å². The van der Waals surface area contributed by atoms with Crippen LogP contribution in [0, 0.1) is 13.8 Å². The second-order valence-corrected chi connectivity index (χ2v) is 4.37. The highest BCUT2D eigenvalue weighted by Crippen LogP contribution is 2.11. The number of hydrogen-bond acceptors (Lipinski definition) is 2. The van der Waals surface area contributed by atoms with Crippen molar-refractivity contribution in [2.45, 2.75) is 53.1 Å². The maximum atomic E-state index is 11.9. The lowest BCUT2D eigenvalue weighted by Gasteiger charge is -2.17. The van der Waals surface area contributed by atoms with Crippen LogP contribution in [-0.4, -0.2) is 21.7 Å². The van der Waals surface area contributed by atoms with Crippen LogP contribution in [0.4, 0.5) is 0 Å². The van der Waals surface area contributed by atoms with Crippen molar-refractivity contribution in [2.24, 2.45) is 0 Å². The highest BCUT2D eigenvalue weighted by Gasteiger charge is 2.18. The minimum absolute atomic E-state index is 0.0283. The minimum atomic E-state index is -0.248. The van der Waals surface area contributed by atoms with Gasteiger partial charge in [0.05, 0.1) is 5.69 Å². The molecule has 1 rings (SSSR count). The smallest absolute Gasteiger partial charge is 0.244 e. The summed E-state index contributed by atoms with van der Waals surface area (Å²) in [7, 11) is 0. The van der Waals surface area contributed by atoms with E-state index in [1.807, 2.05) is 33.8 Å². The first-order valence-corrected chi connectivity index (χ1v) is 5.78. The lowest BCUT2D eigenvalue weighted by Crippen LogP contribution is -2.37. The zero-order chi connectivity index (χ0) is 12.3. The first-order valence-electron chi connectivity index (χ1n) is 5.78. The molecule has 0 spiro atoms. The quantitative estimate of drug-likeness (QED) is 0.848. The third kappa shape index (κ3) is 2.84. The van der Waals surface area contributed by atoms with Gasteiger partial charge >= 0.3 is 0 Å². The molecule has 0 bridgehead atoms. The lowest BCUT2D eigenvalue weighted by atomic mass is 10.2. The Morgan fingerprint density at radius 3 is 2.56 bits per heavy atom. The molecular formula is C12H21N3O. The standard InChI is InChI=1S/C12H21N3O/c1-6-8(2)13-12(16)11(5)15-10(4)7-9(3)14-15/h7-8,11H,6H2,1-5H3,(H,13,16). The molecule has 4 heteroatoms. The zero-order valence-corrected chi connectivity index (χ0v) is 10.7. The molecule has 0 aliphatic carbocycles. The molecule has 0 aliphatic heterocycles. The van der Waals surface area contributed by atoms with Crippen LogP contribution in [0.2, 0.25) is 0 Å². The summed E-state index contributed by atoms with van der Waals surface area (Å²) >= 11 is 0. The number of amides is 1. The number of hydrogen-bond donors (Lipinski definition) is 1. The molecule has 0 fully saturated rings. The zero-order valence-electron chi connectivity index (χ0n) is 10.7. The van der Waals surface area contributed by atoms with Gasteiger partial charge in [-0.25, -0.2) is 0 Å². The van der Waals surface area contributed by atoms with Gasteiger partial charge in [-0.1, -0.05) is 6.92 Å². The highest BCUT2D eigenvalue weighted by molar-refractivity contribution is 5.80. The van der Waals surface area contributed by atoms with E-state index in [9.17, 15) is 4.79 Å². The summed E-state index contributed by atoms with van der Waals surface area (Å²) in [5.41, 5.74) is 1.96. The van der Waals surface area contributed by atoms with Crippen molar-refractivity contribution < 1.29 is 4.79 Å². The molecule has 2 unspecified atom stereocenters. The van der Waals surface area contributed by atoms with E-state index in [1.54, 1.807) is 4.68 Å². The second-order valence-electron chi connectivity index (χ2n) is 4.37. The van der Waals surface area contributed by atoms with E-state index in [-0.39, 0.29) is 18.0 Å². The maximum absolute atomic E-state index is 11.9. The molecule has 1 aromatic rings. The van der Waals surface area contributed by atoms with Crippen LogP contribution in [0.5, 0.6) is 0 Å². The fourth-order valence-corrected chi connectivity index (χ4v) is 1.61. The molecule has 1 amide bonds. The molecule has 1 aromatic heterocycles. The average Bonchev–Trinajstić information content (AvgIpc) is 2.56. The molecule has 0 aromatic carbocycles. The summed E-state index contributed by atoms with van der Waals surface area (Å²) in [6, 6.07) is 1.95. The van der Waals surface area contributed by atoms with E-state index >= 15 is 0 Å². The van der Waals surface area contributed by atoms with E-state index in [1.165, 1.54) is 0 Å². The fourth-order valence-electron chi connectivity index (χ4n) is 1.61. The predicted molar refractivity (Wildman–Crippen MR) is 64.3 cm³/mol. The average molecular weight is 223 g/mol. The third-order valence-corrected chi connectivity index (χ3v) is 2.79. The van der Waals surface area contributed by atoms with E-state index in [2.05, 4.69) is 17.3 Å². The number of carbonyl (C=O) groups is 1. The Morgan fingerprint density at radius 1 is 1.50 bits per heavy atom. The monoisotopic (exact) mass is 223 g/mol. The van der Waals surface area contributed by atoms with Gasteiger partial charge in [-0.05, 0) is 40.2 Å². The van der Waals surface area contributed by atoms with Crippen molar-refractivity contribution in [2.75, 3.05) is 0 Å². The second kappa shape index (κ2) is 5.14. The van der Waals surface area contributed by atoms with Crippen LogP contribution in [0.1, 0.15) is 44.6 Å². The first-order chi connectivity index (χ1) is 7.45. The van der Waals surface area contributed by atoms with E-state index < -0.39 is 0 Å². The van der Waals surface area contributed by atoms with Crippen LogP contribution >= 0.6 is 0 Å². The Balaban J connectivity index is 2.74.